The summed E-state index contributed by atoms with van der Waals surface area (Å²) in [6.45, 7) is 9.21. The number of aromatic amines is 1. The zero-order valence-electron chi connectivity index (χ0n) is 19.4. The van der Waals surface area contributed by atoms with Crippen molar-refractivity contribution in [2.75, 3.05) is 7.11 Å². The summed E-state index contributed by atoms with van der Waals surface area (Å²) in [5, 5.41) is 0. The number of esters is 1. The van der Waals surface area contributed by atoms with E-state index in [1.807, 2.05) is 6.07 Å². The number of hydrogen-bond donors (Lipinski definition) is 1. The third-order valence-corrected chi connectivity index (χ3v) is 7.32. The first-order chi connectivity index (χ1) is 14.2. The molecule has 0 radical (unpaired) electrons. The van der Waals surface area contributed by atoms with E-state index in [0.29, 0.717) is 17.0 Å². The fourth-order valence-corrected chi connectivity index (χ4v) is 4.87. The third-order valence-electron chi connectivity index (χ3n) is 7.32. The quantitative estimate of drug-likeness (QED) is 0.545. The number of benzene rings is 1. The fourth-order valence-electron chi connectivity index (χ4n) is 4.87. The largest absolute Gasteiger partial charge is 0.464 e. The molecule has 0 saturated heterocycles. The van der Waals surface area contributed by atoms with E-state index < -0.39 is 0 Å². The van der Waals surface area contributed by atoms with Gasteiger partial charge in [0.1, 0.15) is 5.69 Å². The van der Waals surface area contributed by atoms with Gasteiger partial charge >= 0.3 is 5.97 Å². The first-order valence-electron chi connectivity index (χ1n) is 11.7. The molecule has 1 N–H and O–H groups in total. The zero-order valence-corrected chi connectivity index (χ0v) is 19.4. The van der Waals surface area contributed by atoms with Crippen molar-refractivity contribution in [3.8, 4) is 11.3 Å². The zero-order chi connectivity index (χ0) is 21.5. The predicted octanol–water partition coefficient (Wildman–Crippen LogP) is 6.94. The van der Waals surface area contributed by atoms with Crippen molar-refractivity contribution in [1.29, 1.82) is 0 Å². The van der Waals surface area contributed by atoms with Gasteiger partial charge in [-0.2, -0.15) is 0 Å². The van der Waals surface area contributed by atoms with Crippen LogP contribution in [0.1, 0.15) is 99.8 Å². The Bertz CT molecular complexity index is 897. The summed E-state index contributed by atoms with van der Waals surface area (Å²) >= 11 is 0. The summed E-state index contributed by atoms with van der Waals surface area (Å²) in [6, 6.07) is 9.13. The molecule has 4 rings (SSSR count). The Labute approximate surface area is 181 Å². The van der Waals surface area contributed by atoms with Crippen LogP contribution < -0.4 is 0 Å². The van der Waals surface area contributed by atoms with Crippen LogP contribution in [0.4, 0.5) is 0 Å². The summed E-state index contributed by atoms with van der Waals surface area (Å²) in [7, 11) is 1.45. The summed E-state index contributed by atoms with van der Waals surface area (Å²) in [5.74, 6) is 0.428. The van der Waals surface area contributed by atoms with Crippen LogP contribution >= 0.6 is 0 Å². The molecule has 1 aromatic carbocycles. The highest BCUT2D eigenvalue weighted by Gasteiger charge is 2.40. The second-order valence-electron chi connectivity index (χ2n) is 10.9. The lowest BCUT2D eigenvalue weighted by atomic mass is 9.81. The number of nitrogens with one attached hydrogen (secondary N) is 1. The minimum Gasteiger partial charge on any atom is -0.464 e. The molecule has 0 bridgehead atoms. The molecule has 2 aromatic rings. The molecule has 0 atom stereocenters. The van der Waals surface area contributed by atoms with Gasteiger partial charge < -0.3 is 9.72 Å². The number of ether oxygens (including phenoxy) is 1. The molecule has 2 aliphatic rings. The van der Waals surface area contributed by atoms with Gasteiger partial charge in [-0.25, -0.2) is 4.79 Å². The number of carbonyl (C=O) groups is 1. The van der Waals surface area contributed by atoms with Gasteiger partial charge in [-0.15, -0.1) is 0 Å². The van der Waals surface area contributed by atoms with Crippen molar-refractivity contribution in [2.24, 2.45) is 5.92 Å². The monoisotopic (exact) mass is 407 g/mol. The van der Waals surface area contributed by atoms with Crippen molar-refractivity contribution in [3.63, 3.8) is 0 Å². The fraction of sp³-hybridized carbons (Fsp3) is 0.593. The van der Waals surface area contributed by atoms with Crippen LogP contribution in [0.15, 0.2) is 24.3 Å². The first-order valence-corrected chi connectivity index (χ1v) is 11.7. The maximum Gasteiger partial charge on any atom is 0.354 e. The van der Waals surface area contributed by atoms with Crippen molar-refractivity contribution in [3.05, 3.63) is 46.6 Å². The van der Waals surface area contributed by atoms with Crippen molar-refractivity contribution in [2.45, 2.75) is 89.9 Å². The number of methoxy groups -OCH3 is 1. The SMILES string of the molecule is COC(=O)c1cc(CC2CCCCC2)c(-c2cc(C(C)(C)C)cc(C3(C)CC3)c2)[nH]1. The summed E-state index contributed by atoms with van der Waals surface area (Å²) in [4.78, 5) is 15.8. The van der Waals surface area contributed by atoms with Gasteiger partial charge in [-0.3, -0.25) is 0 Å². The molecule has 2 aliphatic carbocycles. The van der Waals surface area contributed by atoms with E-state index in [1.165, 1.54) is 74.3 Å². The summed E-state index contributed by atoms with van der Waals surface area (Å²) < 4.78 is 5.03. The van der Waals surface area contributed by atoms with E-state index in [9.17, 15) is 4.79 Å². The van der Waals surface area contributed by atoms with Crippen molar-refractivity contribution >= 4 is 5.97 Å². The van der Waals surface area contributed by atoms with Crippen molar-refractivity contribution in [1.82, 2.24) is 4.98 Å². The molecule has 3 nitrogen and oxygen atoms in total. The van der Waals surface area contributed by atoms with Crippen LogP contribution in [-0.4, -0.2) is 18.1 Å². The average molecular weight is 408 g/mol. The van der Waals surface area contributed by atoms with E-state index in [1.54, 1.807) is 0 Å². The van der Waals surface area contributed by atoms with Crippen LogP contribution in [0.25, 0.3) is 11.3 Å². The number of rotatable bonds is 5. The minimum absolute atomic E-state index is 0.0807. The summed E-state index contributed by atoms with van der Waals surface area (Å²) in [6.07, 6.45) is 10.2. The van der Waals surface area contributed by atoms with Gasteiger partial charge in [0.2, 0.25) is 0 Å². The van der Waals surface area contributed by atoms with Crippen LogP contribution in [0, 0.1) is 5.92 Å². The molecule has 2 saturated carbocycles. The Balaban J connectivity index is 1.79. The number of aromatic nitrogens is 1. The molecule has 3 heteroatoms. The predicted molar refractivity (Wildman–Crippen MR) is 123 cm³/mol. The normalized spacial score (nSPS) is 19.0. The average Bonchev–Trinajstić information content (AvgIpc) is 3.34. The highest BCUT2D eigenvalue weighted by molar-refractivity contribution is 5.89. The molecule has 30 heavy (non-hydrogen) atoms. The third kappa shape index (κ3) is 4.36. The molecule has 1 heterocycles. The topological polar surface area (TPSA) is 42.1 Å². The maximum absolute atomic E-state index is 12.3. The van der Waals surface area contributed by atoms with Gasteiger partial charge in [-0.05, 0) is 76.5 Å². The van der Waals surface area contributed by atoms with Crippen LogP contribution in [0.5, 0.6) is 0 Å². The molecular weight excluding hydrogens is 370 g/mol. The van der Waals surface area contributed by atoms with E-state index in [-0.39, 0.29) is 11.4 Å². The van der Waals surface area contributed by atoms with E-state index >= 15 is 0 Å². The first kappa shape index (κ1) is 21.2. The summed E-state index contributed by atoms with van der Waals surface area (Å²) in [5.41, 5.74) is 7.33. The lowest BCUT2D eigenvalue weighted by molar-refractivity contribution is 0.0595. The van der Waals surface area contributed by atoms with Crippen molar-refractivity contribution < 1.29 is 9.53 Å². The van der Waals surface area contributed by atoms with Gasteiger partial charge in [0, 0.05) is 5.69 Å². The lowest BCUT2D eigenvalue weighted by Crippen LogP contribution is -2.13. The Hall–Kier alpha value is -2.03. The second-order valence-corrected chi connectivity index (χ2v) is 10.9. The van der Waals surface area contributed by atoms with Gasteiger partial charge in [-0.1, -0.05) is 65.9 Å². The standard InChI is InChI=1S/C27H37NO2/c1-26(2,3)21-14-20(15-22(17-21)27(4)11-12-27)24-19(13-18-9-7-6-8-10-18)16-23(28-24)25(29)30-5/h14-18,28H,6-13H2,1-5H3. The van der Waals surface area contributed by atoms with Crippen LogP contribution in [0.3, 0.4) is 0 Å². The van der Waals surface area contributed by atoms with E-state index in [4.69, 9.17) is 4.74 Å². The number of hydrogen-bond acceptors (Lipinski definition) is 2. The number of H-pyrrole nitrogens is 1. The van der Waals surface area contributed by atoms with Gasteiger partial charge in [0.15, 0.2) is 0 Å². The molecule has 0 amide bonds. The molecule has 0 spiro atoms. The van der Waals surface area contributed by atoms with Crippen LogP contribution in [0.2, 0.25) is 0 Å². The van der Waals surface area contributed by atoms with E-state index in [2.05, 4.69) is 50.9 Å². The molecule has 2 fully saturated rings. The minimum atomic E-state index is -0.285. The van der Waals surface area contributed by atoms with Gasteiger partial charge in [0.25, 0.3) is 0 Å². The highest BCUT2D eigenvalue weighted by Crippen LogP contribution is 2.49. The Kier molecular flexibility index (Phi) is 5.59. The molecule has 0 unspecified atom stereocenters. The number of carbonyl (C=O) groups excluding carboxylic acids is 1. The molecule has 1 aromatic heterocycles. The van der Waals surface area contributed by atoms with E-state index in [0.717, 1.165) is 12.1 Å². The Morgan fingerprint density at radius 3 is 2.40 bits per heavy atom. The molecule has 0 aliphatic heterocycles. The maximum atomic E-state index is 12.3. The van der Waals surface area contributed by atoms with Gasteiger partial charge in [0.05, 0.1) is 7.11 Å². The lowest BCUT2D eigenvalue weighted by Gasteiger charge is -2.24. The van der Waals surface area contributed by atoms with Crippen LogP contribution in [-0.2, 0) is 22.0 Å². The second kappa shape index (κ2) is 7.90. The molecule has 162 valence electrons. The Morgan fingerprint density at radius 2 is 1.80 bits per heavy atom. The smallest absolute Gasteiger partial charge is 0.354 e. The molecular formula is C27H37NO2. The highest BCUT2D eigenvalue weighted by atomic mass is 16.5. The Morgan fingerprint density at radius 1 is 1.10 bits per heavy atom.